The first kappa shape index (κ1) is 25.8. The van der Waals surface area contributed by atoms with Crippen LogP contribution >= 0.6 is 0 Å². The molecule has 0 heterocycles. The van der Waals surface area contributed by atoms with Crippen LogP contribution in [-0.2, 0) is 9.47 Å². The van der Waals surface area contributed by atoms with E-state index >= 15 is 0 Å². The highest BCUT2D eigenvalue weighted by Gasteiger charge is 2.36. The Hall–Kier alpha value is -0.770. The molecule has 0 aromatic heterocycles. The summed E-state index contributed by atoms with van der Waals surface area (Å²) in [6, 6.07) is 0. The smallest absolute Gasteiger partial charge is 0.434 e. The van der Waals surface area contributed by atoms with Crippen LogP contribution < -0.4 is 0 Å². The van der Waals surface area contributed by atoms with Crippen molar-refractivity contribution in [2.45, 2.75) is 123 Å². The van der Waals surface area contributed by atoms with Gasteiger partial charge in [0.1, 0.15) is 5.60 Å². The number of carbonyl (C=O) groups excluding carboxylic acids is 1. The first-order valence-electron chi connectivity index (χ1n) is 13.9. The minimum atomic E-state index is -0.460. The van der Waals surface area contributed by atoms with Crippen LogP contribution in [0.15, 0.2) is 0 Å². The summed E-state index contributed by atoms with van der Waals surface area (Å²) >= 11 is 0. The van der Waals surface area contributed by atoms with Crippen molar-refractivity contribution in [1.29, 1.82) is 0 Å². The topological polar surface area (TPSA) is 55.8 Å². The minimum absolute atomic E-state index is 0.309. The number of aliphatic hydroxyl groups is 1. The predicted molar refractivity (Wildman–Crippen MR) is 129 cm³/mol. The van der Waals surface area contributed by atoms with E-state index in [9.17, 15) is 9.90 Å². The van der Waals surface area contributed by atoms with Crippen molar-refractivity contribution in [3.63, 3.8) is 0 Å². The molecule has 0 saturated heterocycles. The van der Waals surface area contributed by atoms with Gasteiger partial charge in [-0.05, 0) is 106 Å². The maximum absolute atomic E-state index is 12.6. The molecule has 0 aromatic carbocycles. The SMILES string of the molecule is CCC(CC)(CC1CCC(CO)CC1)OC(=O)OCC1CCC(CC(C)CC2CC2)CC1. The summed E-state index contributed by atoms with van der Waals surface area (Å²) in [5.41, 5.74) is -0.400. The molecule has 1 N–H and O–H groups in total. The summed E-state index contributed by atoms with van der Waals surface area (Å²) in [4.78, 5) is 12.6. The van der Waals surface area contributed by atoms with Crippen LogP contribution in [0.1, 0.15) is 117 Å². The fourth-order valence-electron chi connectivity index (χ4n) is 6.48. The second-order valence-electron chi connectivity index (χ2n) is 11.7. The lowest BCUT2D eigenvalue weighted by Gasteiger charge is -2.37. The Morgan fingerprint density at radius 2 is 1.28 bits per heavy atom. The molecule has 1 unspecified atom stereocenters. The van der Waals surface area contributed by atoms with Crippen molar-refractivity contribution >= 4 is 6.16 Å². The van der Waals surface area contributed by atoms with Crippen molar-refractivity contribution in [2.24, 2.45) is 35.5 Å². The van der Waals surface area contributed by atoms with Gasteiger partial charge in [0.05, 0.1) is 6.61 Å². The molecule has 4 nitrogen and oxygen atoms in total. The summed E-state index contributed by atoms with van der Waals surface area (Å²) in [6.45, 7) is 7.52. The van der Waals surface area contributed by atoms with E-state index in [-0.39, 0.29) is 0 Å². The zero-order valence-corrected chi connectivity index (χ0v) is 21.2. The Bertz CT molecular complexity index is 538. The molecule has 0 radical (unpaired) electrons. The Balaban J connectivity index is 1.35. The van der Waals surface area contributed by atoms with E-state index in [4.69, 9.17) is 9.47 Å². The molecule has 32 heavy (non-hydrogen) atoms. The molecule has 3 aliphatic carbocycles. The number of hydrogen-bond acceptors (Lipinski definition) is 4. The number of hydrogen-bond donors (Lipinski definition) is 1. The Labute approximate surface area is 197 Å². The van der Waals surface area contributed by atoms with Crippen LogP contribution in [0.5, 0.6) is 0 Å². The normalized spacial score (nSPS) is 30.0. The number of aliphatic hydroxyl groups excluding tert-OH is 1. The third kappa shape index (κ3) is 8.22. The zero-order valence-electron chi connectivity index (χ0n) is 21.2. The maximum Gasteiger partial charge on any atom is 0.508 e. The fraction of sp³-hybridized carbons (Fsp3) is 0.964. The lowest BCUT2D eigenvalue weighted by molar-refractivity contribution is -0.0610. The molecule has 3 aliphatic rings. The van der Waals surface area contributed by atoms with Gasteiger partial charge in [-0.15, -0.1) is 0 Å². The van der Waals surface area contributed by atoms with Crippen molar-refractivity contribution in [3.05, 3.63) is 0 Å². The van der Waals surface area contributed by atoms with Gasteiger partial charge in [-0.3, -0.25) is 0 Å². The van der Waals surface area contributed by atoms with Crippen LogP contribution in [0.4, 0.5) is 4.79 Å². The van der Waals surface area contributed by atoms with Gasteiger partial charge in [0, 0.05) is 6.61 Å². The van der Waals surface area contributed by atoms with Crippen LogP contribution in [0, 0.1) is 35.5 Å². The third-order valence-electron chi connectivity index (χ3n) is 9.05. The molecule has 4 heteroatoms. The molecule has 186 valence electrons. The summed E-state index contributed by atoms with van der Waals surface area (Å²) in [5, 5.41) is 9.39. The first-order valence-corrected chi connectivity index (χ1v) is 13.9. The van der Waals surface area contributed by atoms with Crippen molar-refractivity contribution in [3.8, 4) is 0 Å². The monoisotopic (exact) mass is 450 g/mol. The highest BCUT2D eigenvalue weighted by molar-refractivity contribution is 5.60. The average molecular weight is 451 g/mol. The van der Waals surface area contributed by atoms with Gasteiger partial charge in [-0.25, -0.2) is 4.79 Å². The van der Waals surface area contributed by atoms with Crippen LogP contribution in [0.25, 0.3) is 0 Å². The lowest BCUT2D eigenvalue weighted by Crippen LogP contribution is -2.37. The fourth-order valence-corrected chi connectivity index (χ4v) is 6.48. The predicted octanol–water partition coefficient (Wildman–Crippen LogP) is 7.52. The Morgan fingerprint density at radius 3 is 1.78 bits per heavy atom. The molecule has 0 spiro atoms. The van der Waals surface area contributed by atoms with Gasteiger partial charge in [0.25, 0.3) is 0 Å². The van der Waals surface area contributed by atoms with Crippen LogP contribution in [0.3, 0.4) is 0 Å². The number of carbonyl (C=O) groups is 1. The lowest BCUT2D eigenvalue weighted by atomic mass is 9.75. The van der Waals surface area contributed by atoms with E-state index in [1.54, 1.807) is 0 Å². The first-order chi connectivity index (χ1) is 15.4. The van der Waals surface area contributed by atoms with Gasteiger partial charge in [0.2, 0.25) is 0 Å². The second kappa shape index (κ2) is 12.6. The zero-order chi connectivity index (χ0) is 23.0. The maximum atomic E-state index is 12.6. The molecule has 1 atom stereocenters. The largest absolute Gasteiger partial charge is 0.508 e. The molecule has 0 aliphatic heterocycles. The Kier molecular flexibility index (Phi) is 10.2. The Morgan fingerprint density at radius 1 is 0.812 bits per heavy atom. The molecular formula is C28H50O4. The standard InChI is InChI=1S/C28H50O4/c1-4-28(5-2,18-24-10-12-25(19-29)13-11-24)32-27(30)31-20-26-14-8-23(9-15-26)17-21(3)16-22-6-7-22/h21-26,29H,4-20H2,1-3H3. The summed E-state index contributed by atoms with van der Waals surface area (Å²) in [7, 11) is 0. The summed E-state index contributed by atoms with van der Waals surface area (Å²) in [5.74, 6) is 4.35. The van der Waals surface area contributed by atoms with E-state index < -0.39 is 11.8 Å². The molecule has 0 amide bonds. The second-order valence-corrected chi connectivity index (χ2v) is 11.7. The number of rotatable bonds is 12. The molecule has 3 rings (SSSR count). The van der Waals surface area contributed by atoms with Gasteiger partial charge in [-0.1, -0.05) is 46.5 Å². The van der Waals surface area contributed by atoms with E-state index in [0.29, 0.717) is 31.0 Å². The summed E-state index contributed by atoms with van der Waals surface area (Å²) in [6.07, 6.45) is 17.3. The minimum Gasteiger partial charge on any atom is -0.434 e. The third-order valence-corrected chi connectivity index (χ3v) is 9.05. The quantitative estimate of drug-likeness (QED) is 0.312. The molecule has 0 bridgehead atoms. The van der Waals surface area contributed by atoms with Gasteiger partial charge in [-0.2, -0.15) is 0 Å². The average Bonchev–Trinajstić information content (AvgIpc) is 3.62. The molecule has 0 aromatic rings. The number of ether oxygens (including phenoxy) is 2. The van der Waals surface area contributed by atoms with Gasteiger partial charge < -0.3 is 14.6 Å². The highest BCUT2D eigenvalue weighted by atomic mass is 16.7. The van der Waals surface area contributed by atoms with Gasteiger partial charge in [0.15, 0.2) is 0 Å². The molecule has 3 saturated carbocycles. The van der Waals surface area contributed by atoms with Crippen LogP contribution in [0.2, 0.25) is 0 Å². The highest BCUT2D eigenvalue weighted by Crippen LogP contribution is 2.40. The van der Waals surface area contributed by atoms with E-state index in [2.05, 4.69) is 20.8 Å². The van der Waals surface area contributed by atoms with Gasteiger partial charge >= 0.3 is 6.16 Å². The van der Waals surface area contributed by atoms with Crippen molar-refractivity contribution in [2.75, 3.05) is 13.2 Å². The molecule has 3 fully saturated rings. The molecular weight excluding hydrogens is 400 g/mol. The van der Waals surface area contributed by atoms with Crippen molar-refractivity contribution < 1.29 is 19.4 Å². The van der Waals surface area contributed by atoms with Crippen molar-refractivity contribution in [1.82, 2.24) is 0 Å². The van der Waals surface area contributed by atoms with E-state index in [1.807, 2.05) is 0 Å². The van der Waals surface area contributed by atoms with E-state index in [1.165, 1.54) is 51.4 Å². The van der Waals surface area contributed by atoms with Crippen LogP contribution in [-0.4, -0.2) is 30.1 Å². The van der Waals surface area contributed by atoms with E-state index in [0.717, 1.165) is 62.7 Å². The summed E-state index contributed by atoms with van der Waals surface area (Å²) < 4.78 is 11.6.